The molecule has 20 heavy (non-hydrogen) atoms. The highest BCUT2D eigenvalue weighted by molar-refractivity contribution is 8.62. The van der Waals surface area contributed by atoms with Crippen LogP contribution >= 0.6 is 17.8 Å². The van der Waals surface area contributed by atoms with Crippen molar-refractivity contribution in [1.29, 1.82) is 0 Å². The molecule has 2 aromatic rings. The standard InChI is InChI=1S/C16H25NOPS/c1-11(2)19(12(3)4,13(5)6)20-16-17-14-9-7-8-10-15(14)18-16/h7-13H,1-6H3/q+1. The Morgan fingerprint density at radius 3 is 2.00 bits per heavy atom. The zero-order chi connectivity index (χ0) is 14.9. The summed E-state index contributed by atoms with van der Waals surface area (Å²) in [4.78, 5) is 4.67. The Kier molecular flexibility index (Phi) is 4.81. The lowest BCUT2D eigenvalue weighted by Crippen LogP contribution is -2.20. The molecule has 0 bridgehead atoms. The van der Waals surface area contributed by atoms with Gasteiger partial charge in [-0.2, -0.15) is 0 Å². The number of hydrogen-bond donors (Lipinski definition) is 0. The number of oxazole rings is 1. The van der Waals surface area contributed by atoms with E-state index in [1.807, 2.05) is 35.6 Å². The lowest BCUT2D eigenvalue weighted by molar-refractivity contribution is 0.491. The van der Waals surface area contributed by atoms with Crippen molar-refractivity contribution in [3.8, 4) is 0 Å². The summed E-state index contributed by atoms with van der Waals surface area (Å²) in [6.45, 7) is 12.9. The van der Waals surface area contributed by atoms with E-state index in [1.165, 1.54) is 0 Å². The first-order chi connectivity index (χ1) is 9.37. The van der Waals surface area contributed by atoms with Crippen molar-refractivity contribution >= 4 is 28.9 Å². The van der Waals surface area contributed by atoms with Gasteiger partial charge in [0.15, 0.2) is 5.58 Å². The molecule has 0 aliphatic rings. The van der Waals surface area contributed by atoms with Crippen LogP contribution in [0.5, 0.6) is 0 Å². The van der Waals surface area contributed by atoms with Crippen LogP contribution in [0.1, 0.15) is 41.5 Å². The predicted molar refractivity (Wildman–Crippen MR) is 92.2 cm³/mol. The van der Waals surface area contributed by atoms with Crippen LogP contribution in [0, 0.1) is 0 Å². The van der Waals surface area contributed by atoms with Gasteiger partial charge in [0.1, 0.15) is 16.9 Å². The first-order valence-corrected chi connectivity index (χ1v) is 10.7. The lowest BCUT2D eigenvalue weighted by Gasteiger charge is -2.35. The van der Waals surface area contributed by atoms with Gasteiger partial charge in [0.25, 0.3) is 5.22 Å². The topological polar surface area (TPSA) is 26.0 Å². The molecule has 0 fully saturated rings. The lowest BCUT2D eigenvalue weighted by atomic mass is 10.3. The molecule has 0 saturated heterocycles. The molecule has 0 aliphatic carbocycles. The molecule has 2 nitrogen and oxygen atoms in total. The highest BCUT2D eigenvalue weighted by Gasteiger charge is 2.51. The van der Waals surface area contributed by atoms with Gasteiger partial charge in [-0.25, -0.2) is 4.98 Å². The minimum absolute atomic E-state index is 0.669. The third kappa shape index (κ3) is 2.76. The fourth-order valence-electron chi connectivity index (χ4n) is 3.13. The molecule has 2 rings (SSSR count). The SMILES string of the molecule is CC(C)[P+](Sc1nc2ccccc2o1)(C(C)C)C(C)C. The Labute approximate surface area is 126 Å². The van der Waals surface area contributed by atoms with Crippen LogP contribution in [0.2, 0.25) is 0 Å². The third-order valence-corrected chi connectivity index (χ3v) is 14.6. The summed E-state index contributed by atoms with van der Waals surface area (Å²) in [7, 11) is 0. The molecule has 0 spiro atoms. The summed E-state index contributed by atoms with van der Waals surface area (Å²) >= 11 is 1.92. The molecule has 0 saturated carbocycles. The van der Waals surface area contributed by atoms with Crippen LogP contribution in [-0.2, 0) is 0 Å². The Balaban J connectivity index is 2.41. The van der Waals surface area contributed by atoms with Gasteiger partial charge >= 0.3 is 0 Å². The van der Waals surface area contributed by atoms with Gasteiger partial charge < -0.3 is 4.42 Å². The second kappa shape index (κ2) is 6.07. The minimum Gasteiger partial charge on any atom is -0.429 e. The van der Waals surface area contributed by atoms with Gasteiger partial charge in [0.2, 0.25) is 0 Å². The Morgan fingerprint density at radius 2 is 1.50 bits per heavy atom. The average molecular weight is 310 g/mol. The normalized spacial score (nSPS) is 13.1. The monoisotopic (exact) mass is 310 g/mol. The Morgan fingerprint density at radius 1 is 0.950 bits per heavy atom. The van der Waals surface area contributed by atoms with E-state index in [0.717, 1.165) is 16.3 Å². The van der Waals surface area contributed by atoms with E-state index in [9.17, 15) is 0 Å². The van der Waals surface area contributed by atoms with Crippen molar-refractivity contribution in [3.05, 3.63) is 24.3 Å². The van der Waals surface area contributed by atoms with Crippen molar-refractivity contribution in [2.24, 2.45) is 0 Å². The van der Waals surface area contributed by atoms with Crippen LogP contribution in [0.15, 0.2) is 33.9 Å². The van der Waals surface area contributed by atoms with Crippen LogP contribution in [-0.4, -0.2) is 22.0 Å². The first kappa shape index (κ1) is 15.9. The maximum Gasteiger partial charge on any atom is 0.296 e. The maximum absolute atomic E-state index is 5.95. The number of hydrogen-bond acceptors (Lipinski definition) is 3. The smallest absolute Gasteiger partial charge is 0.296 e. The summed E-state index contributed by atoms with van der Waals surface area (Å²) in [5.74, 6) is 0. The summed E-state index contributed by atoms with van der Waals surface area (Å²) in [6, 6.07) is 8.02. The third-order valence-electron chi connectivity index (χ3n) is 3.93. The second-order valence-electron chi connectivity index (χ2n) is 6.08. The van der Waals surface area contributed by atoms with Gasteiger partial charge in [-0.1, -0.05) is 12.1 Å². The molecule has 1 heterocycles. The predicted octanol–water partition coefficient (Wildman–Crippen LogP) is 6.08. The van der Waals surface area contributed by atoms with Crippen molar-refractivity contribution in [1.82, 2.24) is 4.98 Å². The van der Waals surface area contributed by atoms with Gasteiger partial charge in [0, 0.05) is 0 Å². The Bertz CT molecular complexity index is 522. The second-order valence-corrected chi connectivity index (χ2v) is 13.7. The fraction of sp³-hybridized carbons (Fsp3) is 0.562. The van der Waals surface area contributed by atoms with E-state index in [0.29, 0.717) is 17.0 Å². The van der Waals surface area contributed by atoms with Crippen LogP contribution in [0.4, 0.5) is 0 Å². The first-order valence-electron chi connectivity index (χ1n) is 7.31. The number of fused-ring (bicyclic) bond motifs is 1. The molecule has 0 N–H and O–H groups in total. The van der Waals surface area contributed by atoms with E-state index in [2.05, 4.69) is 46.5 Å². The maximum atomic E-state index is 5.95. The number of benzene rings is 1. The van der Waals surface area contributed by atoms with Gasteiger partial charge in [0.05, 0.1) is 23.4 Å². The Hall–Kier alpha value is -0.530. The average Bonchev–Trinajstić information content (AvgIpc) is 2.76. The van der Waals surface area contributed by atoms with Gasteiger partial charge in [-0.3, -0.25) is 0 Å². The van der Waals surface area contributed by atoms with E-state index >= 15 is 0 Å². The molecular formula is C16H25NOPS+. The van der Waals surface area contributed by atoms with E-state index < -0.39 is 6.46 Å². The molecule has 0 aliphatic heterocycles. The zero-order valence-electron chi connectivity index (χ0n) is 13.3. The molecule has 0 atom stereocenters. The van der Waals surface area contributed by atoms with Crippen LogP contribution < -0.4 is 0 Å². The van der Waals surface area contributed by atoms with E-state index in [-0.39, 0.29) is 0 Å². The van der Waals surface area contributed by atoms with Crippen molar-refractivity contribution in [2.75, 3.05) is 0 Å². The zero-order valence-corrected chi connectivity index (χ0v) is 15.0. The van der Waals surface area contributed by atoms with Crippen LogP contribution in [0.25, 0.3) is 11.1 Å². The molecule has 1 aromatic heterocycles. The molecule has 0 radical (unpaired) electrons. The summed E-state index contributed by atoms with van der Waals surface area (Å²) in [6.07, 6.45) is 0. The van der Waals surface area contributed by atoms with E-state index in [4.69, 9.17) is 4.42 Å². The van der Waals surface area contributed by atoms with E-state index in [1.54, 1.807) is 0 Å². The summed E-state index contributed by atoms with van der Waals surface area (Å²) in [5.41, 5.74) is 3.86. The minimum atomic E-state index is -1.23. The largest absolute Gasteiger partial charge is 0.429 e. The number of para-hydroxylation sites is 2. The fourth-order valence-corrected chi connectivity index (χ4v) is 10.8. The van der Waals surface area contributed by atoms with Crippen molar-refractivity contribution in [3.63, 3.8) is 0 Å². The highest BCUT2D eigenvalue weighted by atomic mass is 32.7. The quantitative estimate of drug-likeness (QED) is 0.626. The molecular weight excluding hydrogens is 285 g/mol. The molecule has 4 heteroatoms. The number of rotatable bonds is 5. The summed E-state index contributed by atoms with van der Waals surface area (Å²) in [5, 5.41) is 0.843. The highest BCUT2D eigenvalue weighted by Crippen LogP contribution is 2.80. The molecule has 0 amide bonds. The van der Waals surface area contributed by atoms with Gasteiger partial charge in [-0.05, 0) is 53.7 Å². The van der Waals surface area contributed by atoms with Crippen LogP contribution in [0.3, 0.4) is 0 Å². The van der Waals surface area contributed by atoms with Gasteiger partial charge in [-0.15, -0.1) is 0 Å². The van der Waals surface area contributed by atoms with Crippen molar-refractivity contribution in [2.45, 2.75) is 63.7 Å². The number of nitrogens with zero attached hydrogens (tertiary/aromatic N) is 1. The number of aromatic nitrogens is 1. The summed E-state index contributed by atoms with van der Waals surface area (Å²) < 4.78 is 5.95. The molecule has 0 unspecified atom stereocenters. The van der Waals surface area contributed by atoms with Crippen molar-refractivity contribution < 1.29 is 4.42 Å². The molecule has 110 valence electrons. The molecule has 1 aromatic carbocycles.